The Hall–Kier alpha value is 0.160. The van der Waals surface area contributed by atoms with E-state index in [2.05, 4.69) is 57.5 Å². The maximum Gasteiger partial charge on any atom is 0.0728 e. The fourth-order valence-corrected chi connectivity index (χ4v) is 4.90. The molecule has 1 aromatic rings. The van der Waals surface area contributed by atoms with Crippen LogP contribution in [0, 0.1) is 0 Å². The number of halogens is 3. The smallest absolute Gasteiger partial charge is 0.0728 e. The lowest BCUT2D eigenvalue weighted by Crippen LogP contribution is -2.48. The lowest BCUT2D eigenvalue weighted by molar-refractivity contribution is -0.0326. The fraction of sp³-hybridized carbons (Fsp3) is 0.700. The van der Waals surface area contributed by atoms with Crippen molar-refractivity contribution in [3.8, 4) is 0 Å². The molecule has 2 aliphatic rings. The third kappa shape index (κ3) is 6.08. The third-order valence-electron chi connectivity index (χ3n) is 6.06. The second-order valence-electron chi connectivity index (χ2n) is 7.64. The van der Waals surface area contributed by atoms with Crippen molar-refractivity contribution >= 4 is 40.7 Å². The molecule has 0 radical (unpaired) electrons. The minimum absolute atomic E-state index is 0. The molecule has 1 aromatic carbocycles. The quantitative estimate of drug-likeness (QED) is 0.655. The van der Waals surface area contributed by atoms with Crippen LogP contribution >= 0.6 is 40.7 Å². The Morgan fingerprint density at radius 1 is 1.19 bits per heavy atom. The summed E-state index contributed by atoms with van der Waals surface area (Å²) in [6.45, 7) is 3.24. The van der Waals surface area contributed by atoms with E-state index in [9.17, 15) is 5.11 Å². The summed E-state index contributed by atoms with van der Waals surface area (Å²) >= 11 is 3.61. The first-order valence-corrected chi connectivity index (χ1v) is 10.3. The SMILES string of the molecule is CNC1CCN(CC(c2cccc(Br)c2)C2(O)CCCCC2)CC1.Cl.Cl. The molecule has 1 atom stereocenters. The van der Waals surface area contributed by atoms with E-state index >= 15 is 0 Å². The highest BCUT2D eigenvalue weighted by Gasteiger charge is 2.39. The van der Waals surface area contributed by atoms with Gasteiger partial charge in [0.1, 0.15) is 0 Å². The minimum atomic E-state index is -0.543. The van der Waals surface area contributed by atoms with Crippen LogP contribution in [0.1, 0.15) is 56.4 Å². The highest BCUT2D eigenvalue weighted by Crippen LogP contribution is 2.41. The van der Waals surface area contributed by atoms with Crippen LogP contribution in [0.15, 0.2) is 28.7 Å². The van der Waals surface area contributed by atoms with Crippen molar-refractivity contribution in [1.29, 1.82) is 0 Å². The maximum atomic E-state index is 11.4. The third-order valence-corrected chi connectivity index (χ3v) is 6.55. The first kappa shape index (κ1) is 24.2. The molecule has 1 aliphatic carbocycles. The molecule has 2 N–H and O–H groups in total. The Morgan fingerprint density at radius 3 is 2.42 bits per heavy atom. The molecular weight excluding hydrogens is 435 g/mol. The van der Waals surface area contributed by atoms with E-state index in [1.165, 1.54) is 24.8 Å². The minimum Gasteiger partial charge on any atom is -0.389 e. The predicted octanol–water partition coefficient (Wildman–Crippen LogP) is 4.76. The van der Waals surface area contributed by atoms with Crippen molar-refractivity contribution in [3.63, 3.8) is 0 Å². The predicted molar refractivity (Wildman–Crippen MR) is 118 cm³/mol. The van der Waals surface area contributed by atoms with Gasteiger partial charge in [0.2, 0.25) is 0 Å². The lowest BCUT2D eigenvalue weighted by Gasteiger charge is -2.43. The van der Waals surface area contributed by atoms with Gasteiger partial charge >= 0.3 is 0 Å². The topological polar surface area (TPSA) is 35.5 Å². The van der Waals surface area contributed by atoms with E-state index in [0.717, 1.165) is 49.8 Å². The summed E-state index contributed by atoms with van der Waals surface area (Å²) in [7, 11) is 2.06. The number of nitrogens with one attached hydrogen (secondary N) is 1. The number of piperidine rings is 1. The zero-order chi connectivity index (χ0) is 17.0. The summed E-state index contributed by atoms with van der Waals surface area (Å²) in [4.78, 5) is 2.56. The van der Waals surface area contributed by atoms with Crippen LogP contribution < -0.4 is 5.32 Å². The van der Waals surface area contributed by atoms with E-state index in [4.69, 9.17) is 0 Å². The molecule has 2 fully saturated rings. The van der Waals surface area contributed by atoms with Crippen molar-refractivity contribution < 1.29 is 5.11 Å². The summed E-state index contributed by atoms with van der Waals surface area (Å²) < 4.78 is 1.11. The van der Waals surface area contributed by atoms with E-state index in [1.807, 2.05) is 0 Å². The Morgan fingerprint density at radius 2 is 1.85 bits per heavy atom. The average molecular weight is 468 g/mol. The van der Waals surface area contributed by atoms with Gasteiger partial charge in [-0.1, -0.05) is 47.3 Å². The Kier molecular flexibility index (Phi) is 10.5. The molecule has 6 heteroatoms. The summed E-state index contributed by atoms with van der Waals surface area (Å²) in [5, 5.41) is 14.9. The first-order valence-electron chi connectivity index (χ1n) is 9.48. The standard InChI is InChI=1S/C20H31BrN2O.2ClH/c1-22-18-8-12-23(13-9-18)15-19(16-6-5-7-17(21)14-16)20(24)10-3-2-4-11-20;;/h5-7,14,18-19,22,24H,2-4,8-13,15H2,1H3;2*1H. The van der Waals surface area contributed by atoms with Gasteiger partial charge in [-0.15, -0.1) is 24.8 Å². The van der Waals surface area contributed by atoms with Crippen molar-refractivity contribution in [2.24, 2.45) is 0 Å². The molecule has 150 valence electrons. The number of rotatable bonds is 5. The highest BCUT2D eigenvalue weighted by atomic mass is 79.9. The molecule has 3 rings (SSSR count). The Bertz CT molecular complexity index is 532. The van der Waals surface area contributed by atoms with E-state index < -0.39 is 5.60 Å². The first-order chi connectivity index (χ1) is 11.6. The molecule has 0 bridgehead atoms. The summed E-state index contributed by atoms with van der Waals surface area (Å²) in [6.07, 6.45) is 7.88. The Labute approximate surface area is 179 Å². The maximum absolute atomic E-state index is 11.4. The van der Waals surface area contributed by atoms with Crippen LogP contribution in [-0.4, -0.2) is 48.3 Å². The lowest BCUT2D eigenvalue weighted by atomic mass is 9.72. The molecule has 1 saturated carbocycles. The van der Waals surface area contributed by atoms with Gasteiger partial charge in [0.25, 0.3) is 0 Å². The number of likely N-dealkylation sites (tertiary alicyclic amines) is 1. The van der Waals surface area contributed by atoms with E-state index in [0.29, 0.717) is 6.04 Å². The molecule has 0 spiro atoms. The summed E-state index contributed by atoms with van der Waals surface area (Å²) in [5.74, 6) is 0.210. The van der Waals surface area contributed by atoms with Crippen LogP contribution in [0.5, 0.6) is 0 Å². The van der Waals surface area contributed by atoms with Crippen LogP contribution in [0.4, 0.5) is 0 Å². The van der Waals surface area contributed by atoms with E-state index in [1.54, 1.807) is 0 Å². The number of hydrogen-bond donors (Lipinski definition) is 2. The van der Waals surface area contributed by atoms with Gasteiger partial charge < -0.3 is 15.3 Å². The largest absolute Gasteiger partial charge is 0.389 e. The van der Waals surface area contributed by atoms with Gasteiger partial charge in [-0.05, 0) is 63.5 Å². The monoisotopic (exact) mass is 466 g/mol. The van der Waals surface area contributed by atoms with Gasteiger partial charge in [0, 0.05) is 23.0 Å². The molecule has 26 heavy (non-hydrogen) atoms. The normalized spacial score (nSPS) is 22.1. The zero-order valence-electron chi connectivity index (χ0n) is 15.6. The van der Waals surface area contributed by atoms with Crippen molar-refractivity contribution in [3.05, 3.63) is 34.3 Å². The molecule has 3 nitrogen and oxygen atoms in total. The van der Waals surface area contributed by atoms with Crippen LogP contribution in [0.25, 0.3) is 0 Å². The van der Waals surface area contributed by atoms with Gasteiger partial charge in [-0.3, -0.25) is 0 Å². The van der Waals surface area contributed by atoms with Gasteiger partial charge in [-0.25, -0.2) is 0 Å². The van der Waals surface area contributed by atoms with Gasteiger partial charge in [0.05, 0.1) is 5.60 Å². The molecule has 0 amide bonds. The van der Waals surface area contributed by atoms with Crippen LogP contribution in [0.3, 0.4) is 0 Å². The molecule has 1 aliphatic heterocycles. The van der Waals surface area contributed by atoms with Crippen LogP contribution in [-0.2, 0) is 0 Å². The van der Waals surface area contributed by atoms with Crippen LogP contribution in [0.2, 0.25) is 0 Å². The van der Waals surface area contributed by atoms with Gasteiger partial charge in [0.15, 0.2) is 0 Å². The summed E-state index contributed by atoms with van der Waals surface area (Å²) in [6, 6.07) is 9.23. The second kappa shape index (κ2) is 11.2. The number of benzene rings is 1. The Balaban J connectivity index is 0.00000169. The molecule has 1 saturated heterocycles. The molecule has 0 aromatic heterocycles. The molecular formula is C20H33BrCl2N2O. The van der Waals surface area contributed by atoms with Crippen molar-refractivity contribution in [2.45, 2.75) is 62.5 Å². The van der Waals surface area contributed by atoms with Crippen molar-refractivity contribution in [2.75, 3.05) is 26.7 Å². The van der Waals surface area contributed by atoms with Crippen molar-refractivity contribution in [1.82, 2.24) is 10.2 Å². The highest BCUT2D eigenvalue weighted by molar-refractivity contribution is 9.10. The van der Waals surface area contributed by atoms with Gasteiger partial charge in [-0.2, -0.15) is 0 Å². The number of aliphatic hydroxyl groups is 1. The number of hydrogen-bond acceptors (Lipinski definition) is 3. The molecule has 1 heterocycles. The fourth-order valence-electron chi connectivity index (χ4n) is 4.48. The second-order valence-corrected chi connectivity index (χ2v) is 8.55. The summed E-state index contributed by atoms with van der Waals surface area (Å²) in [5.41, 5.74) is 0.739. The zero-order valence-corrected chi connectivity index (χ0v) is 18.8. The number of nitrogens with zero attached hydrogens (tertiary/aromatic N) is 1. The molecule has 1 unspecified atom stereocenters. The average Bonchev–Trinajstić information content (AvgIpc) is 2.60. The van der Waals surface area contributed by atoms with E-state index in [-0.39, 0.29) is 30.7 Å².